The Morgan fingerprint density at radius 1 is 0.875 bits per heavy atom. The summed E-state index contributed by atoms with van der Waals surface area (Å²) < 4.78 is 32.5. The van der Waals surface area contributed by atoms with Crippen molar-refractivity contribution in [1.82, 2.24) is 20.4 Å². The molecule has 198 valence electrons. The van der Waals surface area contributed by atoms with Gasteiger partial charge in [-0.15, -0.1) is 10.2 Å². The molecule has 2 aromatic heterocycles. The number of benzene rings is 2. The molecule has 4 aromatic rings. The zero-order valence-electron chi connectivity index (χ0n) is 24.5. The lowest BCUT2D eigenvalue weighted by Crippen LogP contribution is -2.60. The van der Waals surface area contributed by atoms with Crippen molar-refractivity contribution >= 4 is 70.6 Å². The van der Waals surface area contributed by atoms with Gasteiger partial charge in [0.15, 0.2) is 27.1 Å². The molecule has 0 saturated carbocycles. The molecule has 0 atom stereocenters. The lowest BCUT2D eigenvalue weighted by Gasteiger charge is -2.52. The van der Waals surface area contributed by atoms with E-state index >= 15 is 0 Å². The Morgan fingerprint density at radius 2 is 1.43 bits per heavy atom. The molecular weight excluding hydrogens is 514 g/mol. The van der Waals surface area contributed by atoms with E-state index in [1.807, 2.05) is 86.2 Å². The van der Waals surface area contributed by atoms with Gasteiger partial charge in [-0.25, -0.2) is 18.4 Å². The van der Waals surface area contributed by atoms with Crippen LogP contribution in [0.5, 0.6) is 0 Å². The Labute approximate surface area is 242 Å². The minimum atomic E-state index is -3.69. The predicted octanol–water partition coefficient (Wildman–Crippen LogP) is -3.18. The van der Waals surface area contributed by atoms with Gasteiger partial charge in [-0.2, -0.15) is 0 Å². The van der Waals surface area contributed by atoms with Crippen molar-refractivity contribution < 1.29 is 12.9 Å². The van der Waals surface area contributed by atoms with Crippen LogP contribution in [0.1, 0.15) is 5.56 Å². The topological polar surface area (TPSA) is 124 Å². The first-order valence-corrected chi connectivity index (χ1v) is 14.8. The minimum Gasteiger partial charge on any atom is -0.382 e. The maximum atomic E-state index is 14.0. The van der Waals surface area contributed by atoms with E-state index in [-0.39, 0.29) is 10.7 Å². The van der Waals surface area contributed by atoms with E-state index in [0.29, 0.717) is 28.4 Å². The normalized spacial score (nSPS) is 12.8. The van der Waals surface area contributed by atoms with Gasteiger partial charge in [0.2, 0.25) is 0 Å². The lowest BCUT2D eigenvalue weighted by molar-refractivity contribution is 0.434. The summed E-state index contributed by atoms with van der Waals surface area (Å²) in [6.07, 6.45) is 1.56. The van der Waals surface area contributed by atoms with E-state index in [9.17, 15) is 8.42 Å². The van der Waals surface area contributed by atoms with Crippen LogP contribution in [0.25, 0.3) is 34.0 Å². The van der Waals surface area contributed by atoms with Crippen LogP contribution in [0.4, 0.5) is 5.82 Å². The molecular formula is C24H32B7N5O3S. The molecule has 0 bridgehead atoms. The number of nitrogens with zero attached hydrogens (tertiary/aromatic N) is 3. The number of nitrogens with one attached hydrogen (secondary N) is 1. The molecule has 4 rings (SSSR count). The Bertz CT molecular complexity index is 1600. The van der Waals surface area contributed by atoms with Gasteiger partial charge in [-0.05, 0) is 24.7 Å². The molecule has 2 heterocycles. The van der Waals surface area contributed by atoms with Crippen molar-refractivity contribution in [3.8, 4) is 34.0 Å². The molecule has 0 radical (unpaired) electrons. The van der Waals surface area contributed by atoms with Gasteiger partial charge in [-0.1, -0.05) is 41.6 Å². The van der Waals surface area contributed by atoms with Gasteiger partial charge in [0.1, 0.15) is 13.5 Å². The Balaban J connectivity index is 1.66. The molecule has 0 unspecified atom stereocenters. The largest absolute Gasteiger partial charge is 0.382 e. The second-order valence-electron chi connectivity index (χ2n) is 12.4. The van der Waals surface area contributed by atoms with Crippen molar-refractivity contribution in [3.63, 3.8) is 0 Å². The lowest BCUT2D eigenvalue weighted by atomic mass is 9.21. The van der Waals surface area contributed by atoms with Crippen LogP contribution in [0, 0.1) is 0 Å². The highest BCUT2D eigenvalue weighted by molar-refractivity contribution is 7.94. The van der Waals surface area contributed by atoms with E-state index in [1.54, 1.807) is 36.5 Å². The first kappa shape index (κ1) is 29.9. The summed E-state index contributed by atoms with van der Waals surface area (Å²) in [6, 6.07) is 16.6. The van der Waals surface area contributed by atoms with Crippen LogP contribution in [-0.2, 0) is 16.4 Å². The molecule has 0 aliphatic heterocycles. The first-order chi connectivity index (χ1) is 18.6. The highest BCUT2D eigenvalue weighted by Crippen LogP contribution is 2.49. The number of rotatable bonds is 9. The number of aromatic nitrogens is 3. The summed E-state index contributed by atoms with van der Waals surface area (Å²) in [7, 11) is 11.9. The molecule has 0 spiro atoms. The molecule has 0 fully saturated rings. The predicted molar refractivity (Wildman–Crippen MR) is 181 cm³/mol. The molecule has 0 amide bonds. The summed E-state index contributed by atoms with van der Waals surface area (Å²) in [6.45, 7) is 0.780. The fraction of sp³-hybridized carbons (Fsp3) is 0.208. The quantitative estimate of drug-likeness (QED) is 0.211. The van der Waals surface area contributed by atoms with Crippen LogP contribution in [-0.4, -0.2) is 90.2 Å². The van der Waals surface area contributed by atoms with Gasteiger partial charge in [0.05, 0.1) is 63.9 Å². The first-order valence-electron chi connectivity index (χ1n) is 13.3. The van der Waals surface area contributed by atoms with Crippen LogP contribution >= 0.6 is 0 Å². The molecule has 40 heavy (non-hydrogen) atoms. The zero-order valence-corrected chi connectivity index (χ0v) is 25.3. The SMILES string of the molecule is BC(B)(B)C(B)(C(B)(B)B)S(=O)(=O)c1ccc(-c2cnc(N)c(-c3cc(-c4ccc(CNC)cc4)no3)n2)cc1. The number of hydrogen-bond acceptors (Lipinski definition) is 8. The molecule has 3 N–H and O–H groups in total. The standard InChI is InChI=1S/C24H32B7N5O3S/c1-33-11-13-2-4-14(5-3-13)17-10-19(39-36-17)20-21(32)34-12-18(35-20)15-6-8-16(9-7-15)40(37,38)22(25,23(26,27)28)24(29,30)31/h2-10,12,33H,11,25-31H2,1H3,(H2,32,34). The second kappa shape index (κ2) is 10.7. The van der Waals surface area contributed by atoms with Gasteiger partial charge in [0, 0.05) is 28.4 Å². The fourth-order valence-electron chi connectivity index (χ4n) is 5.21. The highest BCUT2D eigenvalue weighted by Gasteiger charge is 2.54. The molecule has 16 heteroatoms. The van der Waals surface area contributed by atoms with Crippen LogP contribution in [0.3, 0.4) is 0 Å². The number of anilines is 1. The molecule has 0 aliphatic carbocycles. The van der Waals surface area contributed by atoms with Gasteiger partial charge >= 0.3 is 0 Å². The third-order valence-corrected chi connectivity index (χ3v) is 11.2. The van der Waals surface area contributed by atoms with E-state index in [2.05, 4.69) is 15.5 Å². The van der Waals surface area contributed by atoms with Gasteiger partial charge < -0.3 is 15.6 Å². The second-order valence-corrected chi connectivity index (χ2v) is 14.6. The van der Waals surface area contributed by atoms with E-state index in [0.717, 1.165) is 17.7 Å². The number of sulfone groups is 1. The average molecular weight is 546 g/mol. The highest BCUT2D eigenvalue weighted by atomic mass is 32.2. The average Bonchev–Trinajstić information content (AvgIpc) is 3.38. The number of nitrogens with two attached hydrogens (primary N) is 1. The van der Waals surface area contributed by atoms with E-state index < -0.39 is 24.7 Å². The zero-order chi connectivity index (χ0) is 29.5. The number of hydrogen-bond donors (Lipinski definition) is 2. The number of nitrogen functional groups attached to an aromatic ring is 1. The van der Waals surface area contributed by atoms with Crippen LogP contribution < -0.4 is 11.1 Å². The fourth-order valence-corrected chi connectivity index (χ4v) is 7.79. The van der Waals surface area contributed by atoms with Crippen molar-refractivity contribution in [1.29, 1.82) is 0 Å². The van der Waals surface area contributed by atoms with Crippen molar-refractivity contribution in [2.75, 3.05) is 12.8 Å². The maximum Gasteiger partial charge on any atom is 0.189 e. The molecule has 0 aliphatic rings. The molecule has 2 aromatic carbocycles. The molecule has 8 nitrogen and oxygen atoms in total. The van der Waals surface area contributed by atoms with Crippen LogP contribution in [0.2, 0.25) is 10.2 Å². The summed E-state index contributed by atoms with van der Waals surface area (Å²) in [5, 5.41) is 6.34. The summed E-state index contributed by atoms with van der Waals surface area (Å²) >= 11 is 0. The summed E-state index contributed by atoms with van der Waals surface area (Å²) in [4.78, 5) is 9.29. The Kier molecular flexibility index (Phi) is 7.99. The summed E-state index contributed by atoms with van der Waals surface area (Å²) in [5.41, 5.74) is 10.5. The summed E-state index contributed by atoms with van der Waals surface area (Å²) in [5.74, 6) is 0.604. The Morgan fingerprint density at radius 3 is 1.98 bits per heavy atom. The van der Waals surface area contributed by atoms with Gasteiger partial charge in [0.25, 0.3) is 0 Å². The maximum absolute atomic E-state index is 14.0. The van der Waals surface area contributed by atoms with Crippen molar-refractivity contribution in [2.45, 2.75) is 26.3 Å². The third-order valence-electron chi connectivity index (χ3n) is 8.04. The minimum absolute atomic E-state index is 0.209. The van der Waals surface area contributed by atoms with Crippen molar-refractivity contribution in [3.05, 3.63) is 66.4 Å². The smallest absolute Gasteiger partial charge is 0.189 e. The Hall–Kier alpha value is -3.11. The van der Waals surface area contributed by atoms with Gasteiger partial charge in [-0.3, -0.25) is 0 Å². The van der Waals surface area contributed by atoms with E-state index in [4.69, 9.17) is 15.2 Å². The third kappa shape index (κ3) is 5.31. The van der Waals surface area contributed by atoms with E-state index in [1.165, 1.54) is 0 Å². The van der Waals surface area contributed by atoms with Crippen LogP contribution in [0.15, 0.2) is 70.2 Å². The molecule has 0 saturated heterocycles. The monoisotopic (exact) mass is 547 g/mol. The van der Waals surface area contributed by atoms with Crippen molar-refractivity contribution in [2.24, 2.45) is 0 Å².